The minimum Gasteiger partial charge on any atom is -0.330 e. The third kappa shape index (κ3) is 3.52. The lowest BCUT2D eigenvalue weighted by atomic mass is 10.1. The van der Waals surface area contributed by atoms with E-state index in [-0.39, 0.29) is 11.8 Å². The Morgan fingerprint density at radius 1 is 1.55 bits per heavy atom. The molecule has 1 unspecified atom stereocenters. The van der Waals surface area contributed by atoms with E-state index in [1.165, 1.54) is 11.0 Å². The molecule has 1 heterocycles. The number of amides is 1. The fraction of sp³-hybridized carbons (Fsp3) is 0.333. The van der Waals surface area contributed by atoms with Crippen LogP contribution < -0.4 is 11.1 Å². The van der Waals surface area contributed by atoms with Gasteiger partial charge in [-0.15, -0.1) is 5.10 Å². The molecule has 1 aromatic carbocycles. The van der Waals surface area contributed by atoms with Crippen LogP contribution in [0.3, 0.4) is 0 Å². The Labute approximate surface area is 121 Å². The van der Waals surface area contributed by atoms with Gasteiger partial charge in [0.05, 0.1) is 16.4 Å². The lowest BCUT2D eigenvalue weighted by molar-refractivity contribution is -0.116. The van der Waals surface area contributed by atoms with E-state index < -0.39 is 0 Å². The Morgan fingerprint density at radius 3 is 3.00 bits per heavy atom. The minimum atomic E-state index is -0.126. The summed E-state index contributed by atoms with van der Waals surface area (Å²) in [5, 5.41) is 14.1. The highest BCUT2D eigenvalue weighted by Gasteiger charge is 2.11. The smallest absolute Gasteiger partial charge is 0.224 e. The number of carbonyl (C=O) groups is 1. The number of aromatic nitrogens is 4. The normalized spacial score (nSPS) is 12.2. The van der Waals surface area contributed by atoms with Gasteiger partial charge in [0, 0.05) is 6.42 Å². The van der Waals surface area contributed by atoms with Gasteiger partial charge >= 0.3 is 0 Å². The molecule has 1 atom stereocenters. The molecule has 1 amide bonds. The van der Waals surface area contributed by atoms with Crippen LogP contribution in [0.5, 0.6) is 0 Å². The molecular weight excluding hydrogens is 280 g/mol. The molecule has 2 aromatic rings. The van der Waals surface area contributed by atoms with Crippen molar-refractivity contribution < 1.29 is 4.79 Å². The Hall–Kier alpha value is -1.99. The number of nitrogens with one attached hydrogen (secondary N) is 1. The van der Waals surface area contributed by atoms with Crippen LogP contribution in [0.15, 0.2) is 24.5 Å². The van der Waals surface area contributed by atoms with E-state index in [0.717, 1.165) is 0 Å². The van der Waals surface area contributed by atoms with Gasteiger partial charge in [0.1, 0.15) is 6.33 Å². The summed E-state index contributed by atoms with van der Waals surface area (Å²) in [5.41, 5.74) is 6.73. The first-order valence-electron chi connectivity index (χ1n) is 6.13. The second kappa shape index (κ2) is 6.44. The third-order valence-electron chi connectivity index (χ3n) is 2.77. The van der Waals surface area contributed by atoms with Crippen molar-refractivity contribution in [2.45, 2.75) is 13.3 Å². The first kappa shape index (κ1) is 14.4. The van der Waals surface area contributed by atoms with Crippen LogP contribution >= 0.6 is 11.6 Å². The highest BCUT2D eigenvalue weighted by molar-refractivity contribution is 6.33. The Bertz CT molecular complexity index is 586. The lowest BCUT2D eigenvalue weighted by Crippen LogP contribution is -2.20. The molecule has 8 heteroatoms. The minimum absolute atomic E-state index is 0.122. The summed E-state index contributed by atoms with van der Waals surface area (Å²) in [6.45, 7) is 2.38. The number of carbonyl (C=O) groups excluding carboxylic acids is 1. The maximum Gasteiger partial charge on any atom is 0.224 e. The number of hydrogen-bond donors (Lipinski definition) is 2. The number of nitrogens with two attached hydrogens (primary N) is 1. The molecule has 3 N–H and O–H groups in total. The molecule has 0 bridgehead atoms. The van der Waals surface area contributed by atoms with E-state index in [2.05, 4.69) is 20.8 Å². The van der Waals surface area contributed by atoms with Gasteiger partial charge in [0.15, 0.2) is 0 Å². The molecule has 0 aliphatic carbocycles. The van der Waals surface area contributed by atoms with Gasteiger partial charge in [-0.05, 0) is 41.1 Å². The van der Waals surface area contributed by atoms with E-state index in [9.17, 15) is 4.79 Å². The maximum absolute atomic E-state index is 11.9. The van der Waals surface area contributed by atoms with Crippen molar-refractivity contribution in [1.29, 1.82) is 0 Å². The van der Waals surface area contributed by atoms with Crippen molar-refractivity contribution in [3.8, 4) is 5.69 Å². The predicted molar refractivity (Wildman–Crippen MR) is 75.6 cm³/mol. The summed E-state index contributed by atoms with van der Waals surface area (Å²) in [6.07, 6.45) is 1.81. The first-order chi connectivity index (χ1) is 9.60. The summed E-state index contributed by atoms with van der Waals surface area (Å²) in [5.74, 6) is -0.00445. The lowest BCUT2D eigenvalue weighted by Gasteiger charge is -2.11. The van der Waals surface area contributed by atoms with Crippen molar-refractivity contribution in [2.24, 2.45) is 11.7 Å². The largest absolute Gasteiger partial charge is 0.330 e. The van der Waals surface area contributed by atoms with Gasteiger partial charge < -0.3 is 11.1 Å². The van der Waals surface area contributed by atoms with Crippen LogP contribution in [-0.4, -0.2) is 32.7 Å². The third-order valence-corrected chi connectivity index (χ3v) is 3.10. The quantitative estimate of drug-likeness (QED) is 0.864. The van der Waals surface area contributed by atoms with Crippen LogP contribution in [0, 0.1) is 5.92 Å². The average molecular weight is 295 g/mol. The molecule has 0 saturated carbocycles. The number of benzene rings is 1. The molecule has 0 fully saturated rings. The Balaban J connectivity index is 2.15. The average Bonchev–Trinajstić information content (AvgIpc) is 2.95. The van der Waals surface area contributed by atoms with Crippen molar-refractivity contribution >= 4 is 23.2 Å². The zero-order valence-corrected chi connectivity index (χ0v) is 11.7. The van der Waals surface area contributed by atoms with Crippen LogP contribution in [0.25, 0.3) is 5.69 Å². The molecule has 106 valence electrons. The molecule has 1 aromatic heterocycles. The SMILES string of the molecule is CC(CN)CC(=O)Nc1cc(-n2cnnn2)ccc1Cl. The molecule has 0 radical (unpaired) electrons. The monoisotopic (exact) mass is 294 g/mol. The van der Waals surface area contributed by atoms with Gasteiger partial charge in [0.25, 0.3) is 0 Å². The number of tetrazole rings is 1. The summed E-state index contributed by atoms with van der Waals surface area (Å²) in [6, 6.07) is 5.15. The first-order valence-corrected chi connectivity index (χ1v) is 6.50. The predicted octanol–water partition coefficient (Wildman–Crippen LogP) is 1.24. The molecule has 7 nitrogen and oxygen atoms in total. The number of hydrogen-bond acceptors (Lipinski definition) is 5. The second-order valence-electron chi connectivity index (χ2n) is 4.51. The molecule has 0 spiro atoms. The number of anilines is 1. The molecule has 2 rings (SSSR count). The van der Waals surface area contributed by atoms with Crippen molar-refractivity contribution in [3.63, 3.8) is 0 Å². The van der Waals surface area contributed by atoms with Crippen molar-refractivity contribution in [1.82, 2.24) is 20.2 Å². The van der Waals surface area contributed by atoms with Gasteiger partial charge in [-0.1, -0.05) is 18.5 Å². The topological polar surface area (TPSA) is 98.7 Å². The van der Waals surface area contributed by atoms with Gasteiger partial charge in [-0.2, -0.15) is 0 Å². The Kier molecular flexibility index (Phi) is 4.65. The van der Waals surface area contributed by atoms with E-state index in [4.69, 9.17) is 17.3 Å². The van der Waals surface area contributed by atoms with Crippen LogP contribution in [0.2, 0.25) is 5.02 Å². The summed E-state index contributed by atoms with van der Waals surface area (Å²) < 4.78 is 1.48. The van der Waals surface area contributed by atoms with Crippen LogP contribution in [0.1, 0.15) is 13.3 Å². The zero-order chi connectivity index (χ0) is 14.5. The summed E-state index contributed by atoms with van der Waals surface area (Å²) >= 11 is 6.07. The highest BCUT2D eigenvalue weighted by Crippen LogP contribution is 2.24. The van der Waals surface area contributed by atoms with E-state index >= 15 is 0 Å². The Morgan fingerprint density at radius 2 is 2.35 bits per heavy atom. The zero-order valence-electron chi connectivity index (χ0n) is 11.0. The standard InChI is InChI=1S/C12H15ClN6O/c1-8(6-14)4-12(20)16-11-5-9(2-3-10(11)13)19-7-15-17-18-19/h2-3,5,7-8H,4,6,14H2,1H3,(H,16,20). The highest BCUT2D eigenvalue weighted by atomic mass is 35.5. The molecule has 0 saturated heterocycles. The second-order valence-corrected chi connectivity index (χ2v) is 4.92. The molecule has 0 aliphatic rings. The molecule has 20 heavy (non-hydrogen) atoms. The van der Waals surface area contributed by atoms with E-state index in [0.29, 0.717) is 29.4 Å². The maximum atomic E-state index is 11.9. The van der Waals surface area contributed by atoms with Crippen LogP contribution in [0.4, 0.5) is 5.69 Å². The number of halogens is 1. The fourth-order valence-electron chi connectivity index (χ4n) is 1.63. The summed E-state index contributed by atoms with van der Waals surface area (Å²) in [4.78, 5) is 11.9. The van der Waals surface area contributed by atoms with E-state index in [1.807, 2.05) is 6.92 Å². The van der Waals surface area contributed by atoms with Crippen molar-refractivity contribution in [3.05, 3.63) is 29.5 Å². The fourth-order valence-corrected chi connectivity index (χ4v) is 1.80. The van der Waals surface area contributed by atoms with Crippen molar-refractivity contribution in [2.75, 3.05) is 11.9 Å². The van der Waals surface area contributed by atoms with Crippen LogP contribution in [-0.2, 0) is 4.79 Å². The summed E-state index contributed by atoms with van der Waals surface area (Å²) in [7, 11) is 0. The van der Waals surface area contributed by atoms with E-state index in [1.54, 1.807) is 18.2 Å². The number of rotatable bonds is 5. The number of nitrogens with zero attached hydrogens (tertiary/aromatic N) is 4. The van der Waals surface area contributed by atoms with Gasteiger partial charge in [-0.25, -0.2) is 4.68 Å². The molecule has 0 aliphatic heterocycles. The van der Waals surface area contributed by atoms with Gasteiger partial charge in [-0.3, -0.25) is 4.79 Å². The molecular formula is C12H15ClN6O. The van der Waals surface area contributed by atoms with Gasteiger partial charge in [0.2, 0.25) is 5.91 Å².